The Labute approximate surface area is 246 Å². The number of ether oxygens (including phenoxy) is 3. The molecular weight excluding hydrogens is 530 g/mol. The van der Waals surface area contributed by atoms with Gasteiger partial charge in [0, 0.05) is 104 Å². The number of nitrogens with two attached hydrogens (primary N) is 1. The monoisotopic (exact) mass is 567 g/mol. The fraction of sp³-hybridized carbons (Fsp3) is 0.312. The molecule has 1 aliphatic heterocycles. The van der Waals surface area contributed by atoms with Crippen LogP contribution in [0.4, 0.5) is 11.6 Å². The Morgan fingerprint density at radius 1 is 1.12 bits per heavy atom. The van der Waals surface area contributed by atoms with Crippen LogP contribution in [0.25, 0.3) is 16.5 Å². The first-order chi connectivity index (χ1) is 20.5. The fourth-order valence-corrected chi connectivity index (χ4v) is 5.29. The van der Waals surface area contributed by atoms with Crippen molar-refractivity contribution in [3.8, 4) is 5.88 Å². The molecule has 1 aromatic carbocycles. The molecule has 0 amide bonds. The second-order valence-electron chi connectivity index (χ2n) is 10.1. The van der Waals surface area contributed by atoms with Crippen LogP contribution >= 0.6 is 0 Å². The van der Waals surface area contributed by atoms with Crippen LogP contribution in [0.1, 0.15) is 18.4 Å². The van der Waals surface area contributed by atoms with Crippen LogP contribution in [0, 0.1) is 5.92 Å². The van der Waals surface area contributed by atoms with Gasteiger partial charge in [-0.1, -0.05) is 6.08 Å². The van der Waals surface area contributed by atoms with Gasteiger partial charge < -0.3 is 29.7 Å². The number of fused-ring (bicyclic) bond motifs is 1. The van der Waals surface area contributed by atoms with Crippen molar-refractivity contribution in [1.29, 1.82) is 0 Å². The largest absolute Gasteiger partial charge is 0.501 e. The highest BCUT2D eigenvalue weighted by Crippen LogP contribution is 2.32. The van der Waals surface area contributed by atoms with Gasteiger partial charge in [-0.3, -0.25) is 9.98 Å². The van der Waals surface area contributed by atoms with E-state index in [-0.39, 0.29) is 0 Å². The molecule has 3 heterocycles. The molecule has 2 aliphatic rings. The Morgan fingerprint density at radius 2 is 2.00 bits per heavy atom. The van der Waals surface area contributed by atoms with E-state index in [0.29, 0.717) is 24.2 Å². The Kier molecular flexibility index (Phi) is 9.01. The van der Waals surface area contributed by atoms with E-state index in [4.69, 9.17) is 19.9 Å². The van der Waals surface area contributed by atoms with Crippen molar-refractivity contribution in [2.75, 3.05) is 57.8 Å². The summed E-state index contributed by atoms with van der Waals surface area (Å²) in [5.74, 6) is 3.20. The average molecular weight is 568 g/mol. The van der Waals surface area contributed by atoms with Crippen LogP contribution in [0.3, 0.4) is 0 Å². The van der Waals surface area contributed by atoms with Crippen LogP contribution < -0.4 is 20.3 Å². The highest BCUT2D eigenvalue weighted by atomic mass is 16.5. The third-order valence-corrected chi connectivity index (χ3v) is 7.51. The molecule has 5 rings (SSSR count). The molecule has 42 heavy (non-hydrogen) atoms. The lowest BCUT2D eigenvalue weighted by atomic mass is 10.0. The van der Waals surface area contributed by atoms with Gasteiger partial charge in [0.2, 0.25) is 11.8 Å². The molecule has 1 unspecified atom stereocenters. The molecule has 10 heteroatoms. The zero-order chi connectivity index (χ0) is 29.5. The van der Waals surface area contributed by atoms with E-state index in [2.05, 4.69) is 66.2 Å². The number of anilines is 2. The van der Waals surface area contributed by atoms with Crippen LogP contribution in [-0.2, 0) is 9.47 Å². The van der Waals surface area contributed by atoms with Gasteiger partial charge in [0.1, 0.15) is 11.5 Å². The van der Waals surface area contributed by atoms with E-state index in [1.54, 1.807) is 53.1 Å². The number of hydrogen-bond acceptors (Lipinski definition) is 10. The molecule has 2 N–H and O–H groups in total. The third-order valence-electron chi connectivity index (χ3n) is 7.51. The summed E-state index contributed by atoms with van der Waals surface area (Å²) in [6.07, 6.45) is 14.7. The van der Waals surface area contributed by atoms with Crippen LogP contribution in [0.15, 0.2) is 89.4 Å². The predicted molar refractivity (Wildman–Crippen MR) is 167 cm³/mol. The Morgan fingerprint density at radius 3 is 2.76 bits per heavy atom. The van der Waals surface area contributed by atoms with Gasteiger partial charge >= 0.3 is 0 Å². The van der Waals surface area contributed by atoms with Crippen molar-refractivity contribution in [2.45, 2.75) is 12.8 Å². The molecule has 0 spiro atoms. The summed E-state index contributed by atoms with van der Waals surface area (Å²) in [6.45, 7) is 2.49. The number of allylic oxidation sites excluding steroid dienone is 4. The number of aliphatic imine (C=N–C) groups is 1. The van der Waals surface area contributed by atoms with E-state index < -0.39 is 0 Å². The maximum atomic E-state index is 5.88. The summed E-state index contributed by atoms with van der Waals surface area (Å²) < 4.78 is 16.6. The summed E-state index contributed by atoms with van der Waals surface area (Å²) >= 11 is 0. The van der Waals surface area contributed by atoms with Crippen LogP contribution in [0.2, 0.25) is 0 Å². The minimum Gasteiger partial charge on any atom is -0.501 e. The van der Waals surface area contributed by atoms with E-state index in [1.165, 1.54) is 0 Å². The SMILES string of the molecule is CN=CC(=CN)c1cnc2ccc(N(CC3CCN(c4nccc(OC)n4)C3)C3=CCC(OC)=CC(OC)=C3)cc2c1. The first-order valence-corrected chi connectivity index (χ1v) is 13.9. The number of pyridine rings is 1. The lowest BCUT2D eigenvalue weighted by Gasteiger charge is -2.29. The first kappa shape index (κ1) is 28.7. The van der Waals surface area contributed by atoms with Crippen molar-refractivity contribution >= 4 is 34.3 Å². The first-order valence-electron chi connectivity index (χ1n) is 13.9. The normalized spacial score (nSPS) is 17.5. The van der Waals surface area contributed by atoms with Gasteiger partial charge in [-0.25, -0.2) is 4.98 Å². The summed E-state index contributed by atoms with van der Waals surface area (Å²) in [7, 11) is 6.71. The molecule has 10 nitrogen and oxygen atoms in total. The van der Waals surface area contributed by atoms with Gasteiger partial charge in [0.25, 0.3) is 0 Å². The summed E-state index contributed by atoms with van der Waals surface area (Å²) in [5, 5.41) is 1.01. The molecule has 1 aliphatic carbocycles. The number of rotatable bonds is 10. The summed E-state index contributed by atoms with van der Waals surface area (Å²) in [5.41, 5.74) is 10.6. The molecule has 1 atom stereocenters. The molecular formula is C32H37N7O3. The van der Waals surface area contributed by atoms with E-state index in [0.717, 1.165) is 71.0 Å². The smallest absolute Gasteiger partial charge is 0.228 e. The van der Waals surface area contributed by atoms with E-state index in [1.807, 2.05) is 12.3 Å². The van der Waals surface area contributed by atoms with Gasteiger partial charge in [-0.05, 0) is 36.6 Å². The summed E-state index contributed by atoms with van der Waals surface area (Å²) in [6, 6.07) is 10.2. The number of hydrogen-bond donors (Lipinski definition) is 1. The highest BCUT2D eigenvalue weighted by Gasteiger charge is 2.28. The molecule has 1 saturated heterocycles. The zero-order valence-corrected chi connectivity index (χ0v) is 24.5. The quantitative estimate of drug-likeness (QED) is 0.348. The Hall–Kier alpha value is -4.86. The van der Waals surface area contributed by atoms with Crippen molar-refractivity contribution in [3.63, 3.8) is 0 Å². The topological polar surface area (TPSA) is 111 Å². The number of methoxy groups -OCH3 is 3. The fourth-order valence-electron chi connectivity index (χ4n) is 5.29. The van der Waals surface area contributed by atoms with Crippen molar-refractivity contribution in [2.24, 2.45) is 16.6 Å². The number of aromatic nitrogens is 3. The lowest BCUT2D eigenvalue weighted by molar-refractivity contribution is 0.271. The van der Waals surface area contributed by atoms with Gasteiger partial charge in [-0.2, -0.15) is 4.98 Å². The zero-order valence-electron chi connectivity index (χ0n) is 24.5. The predicted octanol–water partition coefficient (Wildman–Crippen LogP) is 4.71. The van der Waals surface area contributed by atoms with Crippen molar-refractivity contribution in [1.82, 2.24) is 15.0 Å². The standard InChI is InChI=1S/C32H37N7O3/c1-34-18-25(17-33)24-13-23-14-26(6-8-30(23)36-19-24)39(27-5-7-28(40-2)16-29(15-27)41-3)21-22-10-12-38(20-22)32-35-11-9-31(37-32)42-4/h5-6,8-9,11,13-19,22H,7,10,12,20-21,33H2,1-4H3. The lowest BCUT2D eigenvalue weighted by Crippen LogP contribution is -2.31. The van der Waals surface area contributed by atoms with Gasteiger partial charge in [0.05, 0.1) is 26.8 Å². The Bertz CT molecular complexity index is 1580. The second-order valence-corrected chi connectivity index (χ2v) is 10.1. The third kappa shape index (κ3) is 6.38. The van der Waals surface area contributed by atoms with E-state index in [9.17, 15) is 0 Å². The summed E-state index contributed by atoms with van der Waals surface area (Å²) in [4.78, 5) is 22.4. The van der Waals surface area contributed by atoms with Crippen LogP contribution in [0.5, 0.6) is 5.88 Å². The minimum atomic E-state index is 0.367. The maximum absolute atomic E-state index is 5.88. The van der Waals surface area contributed by atoms with Crippen LogP contribution in [-0.4, -0.2) is 69.2 Å². The molecule has 0 bridgehead atoms. The molecule has 1 fully saturated rings. The molecule has 218 valence electrons. The average Bonchev–Trinajstić information content (AvgIpc) is 3.40. The number of benzene rings is 1. The minimum absolute atomic E-state index is 0.367. The van der Waals surface area contributed by atoms with Crippen molar-refractivity contribution < 1.29 is 14.2 Å². The van der Waals surface area contributed by atoms with Crippen molar-refractivity contribution in [3.05, 3.63) is 89.9 Å². The van der Waals surface area contributed by atoms with Gasteiger partial charge in [0.15, 0.2) is 0 Å². The number of nitrogens with zero attached hydrogens (tertiary/aromatic N) is 6. The van der Waals surface area contributed by atoms with Gasteiger partial charge in [-0.15, -0.1) is 0 Å². The molecule has 3 aromatic rings. The molecule has 2 aromatic heterocycles. The maximum Gasteiger partial charge on any atom is 0.228 e. The second kappa shape index (κ2) is 13.2. The van der Waals surface area contributed by atoms with E-state index >= 15 is 0 Å². The Balaban J connectivity index is 1.50. The molecule has 0 radical (unpaired) electrons. The highest BCUT2D eigenvalue weighted by molar-refractivity contribution is 6.10. The molecule has 0 saturated carbocycles.